The van der Waals surface area contributed by atoms with Gasteiger partial charge in [-0.25, -0.2) is 0 Å². The maximum absolute atomic E-state index is 5.98. The molecular weight excluding hydrogens is 212 g/mol. The fourth-order valence-electron chi connectivity index (χ4n) is 2.65. The molecule has 1 aliphatic heterocycles. The van der Waals surface area contributed by atoms with Crippen molar-refractivity contribution in [3.63, 3.8) is 0 Å². The highest BCUT2D eigenvalue weighted by Crippen LogP contribution is 2.31. The van der Waals surface area contributed by atoms with Crippen molar-refractivity contribution >= 4 is 0 Å². The third-order valence-corrected chi connectivity index (χ3v) is 3.63. The Hall–Kier alpha value is -1.06. The van der Waals surface area contributed by atoms with Crippen molar-refractivity contribution in [2.75, 3.05) is 19.6 Å². The molecule has 17 heavy (non-hydrogen) atoms. The first-order valence-corrected chi connectivity index (χ1v) is 6.55. The standard InChI is InChI=1S/C14H20N2O/c15-7-8-16(12-5-6-12)10-13-9-11-3-1-2-4-14(11)17-13/h1-4,12-13H,5-10,15H2. The molecule has 0 aromatic heterocycles. The summed E-state index contributed by atoms with van der Waals surface area (Å²) in [6.45, 7) is 2.77. The van der Waals surface area contributed by atoms with Crippen LogP contribution in [-0.2, 0) is 6.42 Å². The predicted octanol–water partition coefficient (Wildman–Crippen LogP) is 1.41. The van der Waals surface area contributed by atoms with E-state index in [1.54, 1.807) is 0 Å². The quantitative estimate of drug-likeness (QED) is 0.834. The van der Waals surface area contributed by atoms with Crippen LogP contribution in [0.1, 0.15) is 18.4 Å². The fourth-order valence-corrected chi connectivity index (χ4v) is 2.65. The Kier molecular flexibility index (Phi) is 3.04. The number of para-hydroxylation sites is 1. The first kappa shape index (κ1) is 11.1. The maximum Gasteiger partial charge on any atom is 0.123 e. The predicted molar refractivity (Wildman–Crippen MR) is 68.2 cm³/mol. The van der Waals surface area contributed by atoms with Crippen LogP contribution in [0.5, 0.6) is 5.75 Å². The molecule has 1 heterocycles. The second-order valence-electron chi connectivity index (χ2n) is 5.07. The smallest absolute Gasteiger partial charge is 0.123 e. The lowest BCUT2D eigenvalue weighted by Crippen LogP contribution is -2.39. The molecule has 1 fully saturated rings. The van der Waals surface area contributed by atoms with E-state index in [4.69, 9.17) is 10.5 Å². The molecule has 1 saturated carbocycles. The van der Waals surface area contributed by atoms with Gasteiger partial charge in [0.2, 0.25) is 0 Å². The van der Waals surface area contributed by atoms with Crippen LogP contribution in [-0.4, -0.2) is 36.7 Å². The van der Waals surface area contributed by atoms with Crippen molar-refractivity contribution in [3.8, 4) is 5.75 Å². The monoisotopic (exact) mass is 232 g/mol. The zero-order valence-electron chi connectivity index (χ0n) is 10.1. The molecule has 1 aromatic rings. The van der Waals surface area contributed by atoms with Crippen molar-refractivity contribution in [2.45, 2.75) is 31.4 Å². The Bertz CT molecular complexity index is 365. The molecule has 1 aliphatic carbocycles. The van der Waals surface area contributed by atoms with E-state index in [9.17, 15) is 0 Å². The molecule has 92 valence electrons. The Morgan fingerprint density at radius 2 is 2.12 bits per heavy atom. The molecule has 0 spiro atoms. The number of hydrogen-bond acceptors (Lipinski definition) is 3. The molecule has 3 rings (SSSR count). The van der Waals surface area contributed by atoms with E-state index in [0.29, 0.717) is 6.10 Å². The summed E-state index contributed by atoms with van der Waals surface area (Å²) in [4.78, 5) is 2.50. The zero-order chi connectivity index (χ0) is 11.7. The average Bonchev–Trinajstić information content (AvgIpc) is 3.09. The summed E-state index contributed by atoms with van der Waals surface area (Å²) in [5.74, 6) is 1.07. The van der Waals surface area contributed by atoms with Gasteiger partial charge in [0.05, 0.1) is 0 Å². The number of benzene rings is 1. The van der Waals surface area contributed by atoms with Crippen LogP contribution in [0.4, 0.5) is 0 Å². The van der Waals surface area contributed by atoms with Gasteiger partial charge in [0.1, 0.15) is 11.9 Å². The van der Waals surface area contributed by atoms with Crippen LogP contribution < -0.4 is 10.5 Å². The molecule has 0 amide bonds. The molecular formula is C14H20N2O. The largest absolute Gasteiger partial charge is 0.488 e. The average molecular weight is 232 g/mol. The van der Waals surface area contributed by atoms with Gasteiger partial charge in [-0.3, -0.25) is 4.90 Å². The third-order valence-electron chi connectivity index (χ3n) is 3.63. The SMILES string of the molecule is NCCN(CC1Cc2ccccc2O1)C1CC1. The van der Waals surface area contributed by atoms with Crippen molar-refractivity contribution in [2.24, 2.45) is 5.73 Å². The molecule has 2 aliphatic rings. The molecule has 0 radical (unpaired) electrons. The van der Waals surface area contributed by atoms with Crippen molar-refractivity contribution < 1.29 is 4.74 Å². The molecule has 3 heteroatoms. The van der Waals surface area contributed by atoms with Gasteiger partial charge in [-0.2, -0.15) is 0 Å². The summed E-state index contributed by atoms with van der Waals surface area (Å²) in [5.41, 5.74) is 7.02. The Balaban J connectivity index is 1.60. The second-order valence-corrected chi connectivity index (χ2v) is 5.07. The van der Waals surface area contributed by atoms with Gasteiger partial charge in [-0.15, -0.1) is 0 Å². The van der Waals surface area contributed by atoms with E-state index in [-0.39, 0.29) is 0 Å². The molecule has 1 aromatic carbocycles. The molecule has 1 atom stereocenters. The molecule has 3 nitrogen and oxygen atoms in total. The van der Waals surface area contributed by atoms with Gasteiger partial charge >= 0.3 is 0 Å². The van der Waals surface area contributed by atoms with E-state index in [0.717, 1.165) is 37.8 Å². The summed E-state index contributed by atoms with van der Waals surface area (Å²) in [5, 5.41) is 0. The molecule has 0 bridgehead atoms. The summed E-state index contributed by atoms with van der Waals surface area (Å²) in [6, 6.07) is 9.13. The van der Waals surface area contributed by atoms with Gasteiger partial charge in [0.15, 0.2) is 0 Å². The minimum Gasteiger partial charge on any atom is -0.488 e. The number of hydrogen-bond donors (Lipinski definition) is 1. The van der Waals surface area contributed by atoms with Crippen molar-refractivity contribution in [3.05, 3.63) is 29.8 Å². The molecule has 0 saturated heterocycles. The lowest BCUT2D eigenvalue weighted by molar-refractivity contribution is 0.147. The van der Waals surface area contributed by atoms with Crippen LogP contribution in [0.2, 0.25) is 0 Å². The lowest BCUT2D eigenvalue weighted by atomic mass is 10.1. The van der Waals surface area contributed by atoms with Gasteiger partial charge in [0.25, 0.3) is 0 Å². The van der Waals surface area contributed by atoms with E-state index in [1.165, 1.54) is 18.4 Å². The minimum atomic E-state index is 0.319. The van der Waals surface area contributed by atoms with Crippen LogP contribution >= 0.6 is 0 Å². The minimum absolute atomic E-state index is 0.319. The van der Waals surface area contributed by atoms with Gasteiger partial charge in [0, 0.05) is 32.1 Å². The van der Waals surface area contributed by atoms with Crippen molar-refractivity contribution in [1.29, 1.82) is 0 Å². The summed E-state index contributed by atoms with van der Waals surface area (Å²) in [7, 11) is 0. The number of nitrogens with zero attached hydrogens (tertiary/aromatic N) is 1. The first-order chi connectivity index (χ1) is 8.36. The fraction of sp³-hybridized carbons (Fsp3) is 0.571. The Morgan fingerprint density at radius 1 is 1.29 bits per heavy atom. The van der Waals surface area contributed by atoms with Crippen LogP contribution in [0.25, 0.3) is 0 Å². The van der Waals surface area contributed by atoms with Gasteiger partial charge in [-0.1, -0.05) is 18.2 Å². The number of fused-ring (bicyclic) bond motifs is 1. The number of rotatable bonds is 5. The summed E-state index contributed by atoms with van der Waals surface area (Å²) >= 11 is 0. The molecule has 2 N–H and O–H groups in total. The summed E-state index contributed by atoms with van der Waals surface area (Å²) < 4.78 is 5.98. The van der Waals surface area contributed by atoms with Crippen molar-refractivity contribution in [1.82, 2.24) is 4.90 Å². The highest BCUT2D eigenvalue weighted by molar-refractivity contribution is 5.37. The van der Waals surface area contributed by atoms with Crippen LogP contribution in [0, 0.1) is 0 Å². The topological polar surface area (TPSA) is 38.5 Å². The second kappa shape index (κ2) is 4.67. The lowest BCUT2D eigenvalue weighted by Gasteiger charge is -2.24. The maximum atomic E-state index is 5.98. The first-order valence-electron chi connectivity index (χ1n) is 6.55. The van der Waals surface area contributed by atoms with Gasteiger partial charge in [-0.05, 0) is 24.5 Å². The normalized spacial score (nSPS) is 22.6. The Labute approximate surface area is 103 Å². The summed E-state index contributed by atoms with van der Waals surface area (Å²) in [6.07, 6.45) is 4.03. The molecule has 1 unspecified atom stereocenters. The van der Waals surface area contributed by atoms with Crippen LogP contribution in [0.15, 0.2) is 24.3 Å². The van der Waals surface area contributed by atoms with Gasteiger partial charge < -0.3 is 10.5 Å². The van der Waals surface area contributed by atoms with E-state index in [2.05, 4.69) is 23.1 Å². The van der Waals surface area contributed by atoms with E-state index >= 15 is 0 Å². The number of nitrogens with two attached hydrogens (primary N) is 1. The highest BCUT2D eigenvalue weighted by atomic mass is 16.5. The van der Waals surface area contributed by atoms with Crippen LogP contribution in [0.3, 0.4) is 0 Å². The highest BCUT2D eigenvalue weighted by Gasteiger charge is 2.32. The number of ether oxygens (including phenoxy) is 1. The zero-order valence-corrected chi connectivity index (χ0v) is 10.1. The van der Waals surface area contributed by atoms with E-state index < -0.39 is 0 Å². The third kappa shape index (κ3) is 2.45. The van der Waals surface area contributed by atoms with E-state index in [1.807, 2.05) is 6.07 Å². The Morgan fingerprint density at radius 3 is 2.82 bits per heavy atom.